The fourth-order valence-corrected chi connectivity index (χ4v) is 4.14. The Morgan fingerprint density at radius 3 is 1.93 bits per heavy atom. The molecule has 0 amide bonds. The SMILES string of the molecule is CCCCCOC(=O)OC(C)C(C)C(c1ccc(OC(=O)CCC(C)C)c(OC(=O)CCC(C)C)c1)[C@H](N)C(=O)O. The van der Waals surface area contributed by atoms with E-state index in [4.69, 9.17) is 24.7 Å². The standard InChI is InChI=1S/C31H49NO9/c1-8-9-10-17-38-31(37)39-22(7)21(6)28(29(32)30(35)36)23-13-14-24(40-26(33)15-11-19(2)3)25(18-23)41-27(34)16-12-20(4)5/h13-14,18-22,28-29H,8-12,15-17,32H2,1-7H3,(H,35,36)/t21?,22?,28?,29-/m0/s1. The number of carboxylic acids is 1. The Kier molecular flexibility index (Phi) is 16.0. The second kappa shape index (κ2) is 18.3. The lowest BCUT2D eigenvalue weighted by Crippen LogP contribution is -2.42. The van der Waals surface area contributed by atoms with E-state index in [9.17, 15) is 24.3 Å². The first-order chi connectivity index (χ1) is 19.3. The molecule has 0 aliphatic rings. The lowest BCUT2D eigenvalue weighted by Gasteiger charge is -2.31. The van der Waals surface area contributed by atoms with E-state index >= 15 is 0 Å². The number of hydrogen-bond donors (Lipinski definition) is 2. The van der Waals surface area contributed by atoms with Crippen molar-refractivity contribution in [2.24, 2.45) is 23.5 Å². The van der Waals surface area contributed by atoms with Crippen LogP contribution in [0.4, 0.5) is 4.79 Å². The molecule has 0 heterocycles. The molecule has 0 saturated carbocycles. The topological polar surface area (TPSA) is 151 Å². The highest BCUT2D eigenvalue weighted by Crippen LogP contribution is 2.37. The molecule has 0 radical (unpaired) electrons. The number of aliphatic carboxylic acids is 1. The van der Waals surface area contributed by atoms with Crippen molar-refractivity contribution in [3.63, 3.8) is 0 Å². The number of hydrogen-bond acceptors (Lipinski definition) is 9. The van der Waals surface area contributed by atoms with Gasteiger partial charge in [0.05, 0.1) is 6.61 Å². The number of nitrogens with two attached hydrogens (primary N) is 1. The average Bonchev–Trinajstić information content (AvgIpc) is 2.90. The molecule has 0 spiro atoms. The van der Waals surface area contributed by atoms with Crippen LogP contribution in [0.25, 0.3) is 0 Å². The molecular weight excluding hydrogens is 530 g/mol. The first-order valence-electron chi connectivity index (χ1n) is 14.6. The van der Waals surface area contributed by atoms with Crippen LogP contribution in [-0.4, -0.2) is 47.9 Å². The number of carbonyl (C=O) groups excluding carboxylic acids is 3. The van der Waals surface area contributed by atoms with Crippen molar-refractivity contribution in [1.82, 2.24) is 0 Å². The van der Waals surface area contributed by atoms with Crippen LogP contribution in [0.3, 0.4) is 0 Å². The van der Waals surface area contributed by atoms with Gasteiger partial charge in [-0.05, 0) is 55.7 Å². The minimum Gasteiger partial charge on any atom is -0.480 e. The summed E-state index contributed by atoms with van der Waals surface area (Å²) >= 11 is 0. The summed E-state index contributed by atoms with van der Waals surface area (Å²) in [5.41, 5.74) is 6.55. The van der Waals surface area contributed by atoms with Crippen LogP contribution in [0, 0.1) is 17.8 Å². The van der Waals surface area contributed by atoms with Crippen LogP contribution in [0.5, 0.6) is 11.5 Å². The third-order valence-electron chi connectivity index (χ3n) is 6.88. The van der Waals surface area contributed by atoms with Crippen molar-refractivity contribution in [1.29, 1.82) is 0 Å². The Balaban J connectivity index is 3.31. The Morgan fingerprint density at radius 2 is 1.41 bits per heavy atom. The van der Waals surface area contributed by atoms with Gasteiger partial charge in [0.25, 0.3) is 0 Å². The maximum atomic E-state index is 12.6. The molecule has 0 aromatic heterocycles. The van der Waals surface area contributed by atoms with E-state index in [0.717, 1.165) is 19.3 Å². The maximum Gasteiger partial charge on any atom is 0.508 e. The maximum absolute atomic E-state index is 12.6. The van der Waals surface area contributed by atoms with E-state index in [1.165, 1.54) is 12.1 Å². The molecule has 232 valence electrons. The van der Waals surface area contributed by atoms with E-state index < -0.39 is 48.0 Å². The number of rotatable bonds is 18. The molecule has 4 atom stereocenters. The summed E-state index contributed by atoms with van der Waals surface area (Å²) in [5.74, 6) is -3.04. The van der Waals surface area contributed by atoms with Gasteiger partial charge in [0.2, 0.25) is 0 Å². The van der Waals surface area contributed by atoms with E-state index in [-0.39, 0.29) is 36.9 Å². The predicted octanol–water partition coefficient (Wildman–Crippen LogP) is 6.23. The highest BCUT2D eigenvalue weighted by molar-refractivity contribution is 5.77. The summed E-state index contributed by atoms with van der Waals surface area (Å²) in [6.07, 6.45) is 2.60. The molecule has 3 N–H and O–H groups in total. The fraction of sp³-hybridized carbons (Fsp3) is 0.677. The molecule has 1 aromatic carbocycles. The lowest BCUT2D eigenvalue weighted by atomic mass is 9.79. The van der Waals surface area contributed by atoms with Crippen molar-refractivity contribution in [2.75, 3.05) is 6.61 Å². The van der Waals surface area contributed by atoms with Crippen molar-refractivity contribution < 1.29 is 43.2 Å². The average molecular weight is 580 g/mol. The molecule has 10 heteroatoms. The Bertz CT molecular complexity index is 992. The third kappa shape index (κ3) is 13.4. The molecule has 0 aliphatic heterocycles. The van der Waals surface area contributed by atoms with Crippen LogP contribution < -0.4 is 15.2 Å². The second-order valence-electron chi connectivity index (χ2n) is 11.4. The Hall–Kier alpha value is -3.14. The van der Waals surface area contributed by atoms with E-state index in [1.54, 1.807) is 19.9 Å². The minimum absolute atomic E-state index is 0.00662. The zero-order valence-electron chi connectivity index (χ0n) is 25.6. The van der Waals surface area contributed by atoms with E-state index in [2.05, 4.69) is 0 Å². The van der Waals surface area contributed by atoms with Gasteiger partial charge in [-0.2, -0.15) is 0 Å². The monoisotopic (exact) mass is 579 g/mol. The number of ether oxygens (including phenoxy) is 4. The minimum atomic E-state index is -1.37. The summed E-state index contributed by atoms with van der Waals surface area (Å²) in [6.45, 7) is 13.6. The molecular formula is C31H49NO9. The molecule has 3 unspecified atom stereocenters. The predicted molar refractivity (Wildman–Crippen MR) is 155 cm³/mol. The molecule has 0 bridgehead atoms. The van der Waals surface area contributed by atoms with Gasteiger partial charge in [-0.3, -0.25) is 14.4 Å². The highest BCUT2D eigenvalue weighted by Gasteiger charge is 2.36. The number of esters is 2. The van der Waals surface area contributed by atoms with Gasteiger partial charge in [-0.1, -0.05) is 60.5 Å². The molecule has 10 nitrogen and oxygen atoms in total. The van der Waals surface area contributed by atoms with Crippen LogP contribution in [-0.2, 0) is 23.9 Å². The molecule has 41 heavy (non-hydrogen) atoms. The van der Waals surface area contributed by atoms with Gasteiger partial charge in [0.1, 0.15) is 12.1 Å². The number of carboxylic acid groups (broad SMARTS) is 1. The van der Waals surface area contributed by atoms with Crippen LogP contribution in [0.2, 0.25) is 0 Å². The quantitative estimate of drug-likeness (QED) is 0.116. The molecule has 1 rings (SSSR count). The Labute approximate surface area is 244 Å². The first-order valence-corrected chi connectivity index (χ1v) is 14.6. The number of unbranched alkanes of at least 4 members (excludes halogenated alkanes) is 2. The van der Waals surface area contributed by atoms with E-state index in [1.807, 2.05) is 34.6 Å². The van der Waals surface area contributed by atoms with Gasteiger partial charge in [0, 0.05) is 24.7 Å². The molecule has 0 saturated heterocycles. The van der Waals surface area contributed by atoms with Gasteiger partial charge in [0.15, 0.2) is 11.5 Å². The second-order valence-corrected chi connectivity index (χ2v) is 11.4. The third-order valence-corrected chi connectivity index (χ3v) is 6.88. The summed E-state index contributed by atoms with van der Waals surface area (Å²) in [6, 6.07) is 3.14. The zero-order chi connectivity index (χ0) is 31.1. The fourth-order valence-electron chi connectivity index (χ4n) is 4.14. The zero-order valence-corrected chi connectivity index (χ0v) is 25.6. The van der Waals surface area contributed by atoms with Gasteiger partial charge in [-0.15, -0.1) is 0 Å². The van der Waals surface area contributed by atoms with Crippen molar-refractivity contribution in [2.45, 2.75) is 111 Å². The molecule has 1 aromatic rings. The van der Waals surface area contributed by atoms with Gasteiger partial charge >= 0.3 is 24.1 Å². The van der Waals surface area contributed by atoms with Crippen molar-refractivity contribution in [3.8, 4) is 11.5 Å². The Morgan fingerprint density at radius 1 is 0.854 bits per heavy atom. The summed E-state index contributed by atoms with van der Waals surface area (Å²) in [7, 11) is 0. The molecule has 0 aliphatic carbocycles. The van der Waals surface area contributed by atoms with Crippen LogP contribution in [0.1, 0.15) is 105 Å². The summed E-state index contributed by atoms with van der Waals surface area (Å²) in [5, 5.41) is 9.79. The highest BCUT2D eigenvalue weighted by atomic mass is 16.7. The van der Waals surface area contributed by atoms with E-state index in [0.29, 0.717) is 24.3 Å². The first kappa shape index (κ1) is 35.9. The number of benzene rings is 1. The summed E-state index contributed by atoms with van der Waals surface area (Å²) in [4.78, 5) is 49.3. The van der Waals surface area contributed by atoms with Crippen LogP contribution in [0.15, 0.2) is 18.2 Å². The van der Waals surface area contributed by atoms with Gasteiger partial charge in [-0.25, -0.2) is 4.79 Å². The van der Waals surface area contributed by atoms with Crippen LogP contribution >= 0.6 is 0 Å². The van der Waals surface area contributed by atoms with Crippen molar-refractivity contribution >= 4 is 24.1 Å². The number of carbonyl (C=O) groups is 4. The lowest BCUT2D eigenvalue weighted by molar-refractivity contribution is -0.140. The normalized spacial score (nSPS) is 14.2. The molecule has 0 fully saturated rings. The van der Waals surface area contributed by atoms with Gasteiger partial charge < -0.3 is 29.8 Å². The largest absolute Gasteiger partial charge is 0.508 e. The summed E-state index contributed by atoms with van der Waals surface area (Å²) < 4.78 is 21.7. The van der Waals surface area contributed by atoms with Crippen molar-refractivity contribution in [3.05, 3.63) is 23.8 Å². The smallest absolute Gasteiger partial charge is 0.480 e.